The van der Waals surface area contributed by atoms with E-state index in [1.54, 1.807) is 0 Å². The predicted octanol–water partition coefficient (Wildman–Crippen LogP) is 3.32. The van der Waals surface area contributed by atoms with Crippen LogP contribution in [-0.4, -0.2) is 20.7 Å². The normalized spacial score (nSPS) is 20.4. The highest BCUT2D eigenvalue weighted by Crippen LogP contribution is 2.51. The van der Waals surface area contributed by atoms with Crippen LogP contribution in [-0.2, 0) is 12.6 Å². The molecular weight excluding hydrogens is 392 g/mol. The van der Waals surface area contributed by atoms with Crippen LogP contribution in [0.3, 0.4) is 0 Å². The van der Waals surface area contributed by atoms with E-state index in [1.807, 2.05) is 0 Å². The molecule has 1 aliphatic rings. The highest BCUT2D eigenvalue weighted by atomic mass is 19.1. The monoisotopic (exact) mass is 406 g/mol. The fourth-order valence-corrected chi connectivity index (χ4v) is 3.46. The zero-order chi connectivity index (χ0) is 21.1. The van der Waals surface area contributed by atoms with Gasteiger partial charge < -0.3 is 15.0 Å². The number of amides is 1. The van der Waals surface area contributed by atoms with Crippen LogP contribution in [0.15, 0.2) is 30.3 Å². The molecule has 1 aliphatic heterocycles. The smallest absolute Gasteiger partial charge is 0.251 e. The molecule has 0 saturated carbocycles. The summed E-state index contributed by atoms with van der Waals surface area (Å²) in [5.74, 6) is -4.01. The van der Waals surface area contributed by atoms with Crippen molar-refractivity contribution in [2.75, 3.05) is 0 Å². The van der Waals surface area contributed by atoms with Crippen LogP contribution in [0.2, 0.25) is 0 Å². The number of halogens is 4. The van der Waals surface area contributed by atoms with Crippen molar-refractivity contribution in [3.05, 3.63) is 64.7 Å². The summed E-state index contributed by atoms with van der Waals surface area (Å²) in [7, 11) is 1.49. The van der Waals surface area contributed by atoms with E-state index in [2.05, 4.69) is 10.2 Å². The molecule has 10 heteroatoms. The molecule has 0 fully saturated rings. The number of ether oxygens (including phenoxy) is 1. The van der Waals surface area contributed by atoms with Crippen LogP contribution in [0.25, 0.3) is 11.4 Å². The first-order chi connectivity index (χ1) is 13.6. The minimum atomic E-state index is -1.92. The highest BCUT2D eigenvalue weighted by molar-refractivity contribution is 5.93. The Kier molecular flexibility index (Phi) is 4.10. The Morgan fingerprint density at radius 1 is 1.17 bits per heavy atom. The number of hydrogen-bond acceptors (Lipinski definition) is 4. The molecule has 2 aromatic carbocycles. The maximum atomic E-state index is 15.2. The number of carbonyl (C=O) groups is 1. The van der Waals surface area contributed by atoms with E-state index < -0.39 is 40.9 Å². The van der Waals surface area contributed by atoms with Crippen LogP contribution < -0.4 is 10.5 Å². The van der Waals surface area contributed by atoms with E-state index in [1.165, 1.54) is 30.7 Å². The lowest BCUT2D eigenvalue weighted by Crippen LogP contribution is -2.33. The average Bonchev–Trinajstić information content (AvgIpc) is 3.15. The quantitative estimate of drug-likeness (QED) is 0.677. The van der Waals surface area contributed by atoms with Crippen molar-refractivity contribution in [1.82, 2.24) is 14.8 Å². The molecule has 4 rings (SSSR count). The van der Waals surface area contributed by atoms with Crippen molar-refractivity contribution in [3.63, 3.8) is 0 Å². The van der Waals surface area contributed by atoms with Gasteiger partial charge in [0.2, 0.25) is 5.60 Å². The Bertz CT molecular complexity index is 1160. The van der Waals surface area contributed by atoms with Crippen molar-refractivity contribution in [1.29, 1.82) is 0 Å². The van der Waals surface area contributed by atoms with Crippen LogP contribution in [0.1, 0.15) is 34.8 Å². The Hall–Kier alpha value is -3.43. The zero-order valence-electron chi connectivity index (χ0n) is 15.2. The van der Waals surface area contributed by atoms with Crippen molar-refractivity contribution in [3.8, 4) is 17.1 Å². The maximum absolute atomic E-state index is 15.2. The molecule has 150 valence electrons. The predicted molar refractivity (Wildman–Crippen MR) is 93.1 cm³/mol. The molecule has 0 spiro atoms. The van der Waals surface area contributed by atoms with Gasteiger partial charge in [-0.3, -0.25) is 4.79 Å². The van der Waals surface area contributed by atoms with E-state index in [4.69, 9.17) is 10.5 Å². The second kappa shape index (κ2) is 6.29. The molecular formula is C19H14F4N4O2. The van der Waals surface area contributed by atoms with Gasteiger partial charge in [-0.1, -0.05) is 6.07 Å². The minimum absolute atomic E-state index is 0.0182. The summed E-state index contributed by atoms with van der Waals surface area (Å²) >= 11 is 0. The number of hydrogen-bond donors (Lipinski definition) is 1. The van der Waals surface area contributed by atoms with Crippen molar-refractivity contribution in [2.24, 2.45) is 12.8 Å². The lowest BCUT2D eigenvalue weighted by atomic mass is 9.95. The summed E-state index contributed by atoms with van der Waals surface area (Å²) in [6.07, 6.45) is -1.92. The van der Waals surface area contributed by atoms with Crippen molar-refractivity contribution >= 4 is 5.91 Å². The Morgan fingerprint density at radius 3 is 2.55 bits per heavy atom. The minimum Gasteiger partial charge on any atom is -0.473 e. The van der Waals surface area contributed by atoms with Gasteiger partial charge in [0.1, 0.15) is 11.6 Å². The molecule has 0 aliphatic carbocycles. The summed E-state index contributed by atoms with van der Waals surface area (Å²) in [5, 5.41) is 7.88. The van der Waals surface area contributed by atoms with Gasteiger partial charge >= 0.3 is 0 Å². The summed E-state index contributed by atoms with van der Waals surface area (Å²) < 4.78 is 63.7. The number of nitrogens with two attached hydrogens (primary N) is 1. The molecule has 2 N–H and O–H groups in total. The van der Waals surface area contributed by atoms with Crippen LogP contribution in [0.5, 0.6) is 5.75 Å². The fraction of sp³-hybridized carbons (Fsp3) is 0.211. The topological polar surface area (TPSA) is 83.0 Å². The third-order valence-electron chi connectivity index (χ3n) is 4.92. The molecule has 2 atom stereocenters. The Labute approximate surface area is 161 Å². The summed E-state index contributed by atoms with van der Waals surface area (Å²) in [4.78, 5) is 11.2. The van der Waals surface area contributed by atoms with E-state index in [-0.39, 0.29) is 28.3 Å². The van der Waals surface area contributed by atoms with Crippen LogP contribution >= 0.6 is 0 Å². The number of primary amides is 1. The number of fused-ring (bicyclic) bond motifs is 1. The molecule has 0 bridgehead atoms. The number of benzene rings is 2. The van der Waals surface area contributed by atoms with Gasteiger partial charge in [-0.2, -0.15) is 0 Å². The molecule has 2 unspecified atom stereocenters. The largest absolute Gasteiger partial charge is 0.473 e. The van der Waals surface area contributed by atoms with Crippen LogP contribution in [0, 0.1) is 17.5 Å². The number of alkyl halides is 1. The van der Waals surface area contributed by atoms with E-state index in [0.717, 1.165) is 12.1 Å². The summed E-state index contributed by atoms with van der Waals surface area (Å²) in [6, 6.07) is 5.11. The first kappa shape index (κ1) is 18.9. The first-order valence-corrected chi connectivity index (χ1v) is 8.45. The molecule has 0 saturated heterocycles. The van der Waals surface area contributed by atoms with Gasteiger partial charge in [-0.25, -0.2) is 17.6 Å². The molecule has 29 heavy (non-hydrogen) atoms. The second-order valence-electron chi connectivity index (χ2n) is 6.84. The lowest BCUT2D eigenvalue weighted by Gasteiger charge is -2.25. The third kappa shape index (κ3) is 2.74. The summed E-state index contributed by atoms with van der Waals surface area (Å²) in [6.45, 7) is 1.33. The number of nitrogens with zero attached hydrogens (tertiary/aromatic N) is 3. The van der Waals surface area contributed by atoms with Gasteiger partial charge in [-0.05, 0) is 25.1 Å². The number of aromatic nitrogens is 3. The van der Waals surface area contributed by atoms with E-state index >= 15 is 4.39 Å². The average molecular weight is 406 g/mol. The number of carbonyl (C=O) groups excluding carboxylic acids is 1. The van der Waals surface area contributed by atoms with Crippen LogP contribution in [0.4, 0.5) is 17.6 Å². The van der Waals surface area contributed by atoms with E-state index in [0.29, 0.717) is 6.07 Å². The molecule has 3 aromatic rings. The molecule has 1 amide bonds. The SMILES string of the molecule is Cn1c(-c2ccc(C(N)=O)c(F)c2)nnc1C1(C)Oc2c(F)cc(F)cc2C1F. The van der Waals surface area contributed by atoms with Crippen molar-refractivity contribution < 1.29 is 27.1 Å². The highest BCUT2D eigenvalue weighted by Gasteiger charge is 2.51. The van der Waals surface area contributed by atoms with Gasteiger partial charge in [0.25, 0.3) is 5.91 Å². The fourth-order valence-electron chi connectivity index (χ4n) is 3.46. The second-order valence-corrected chi connectivity index (χ2v) is 6.84. The molecule has 2 heterocycles. The maximum Gasteiger partial charge on any atom is 0.251 e. The van der Waals surface area contributed by atoms with Gasteiger partial charge in [0.05, 0.1) is 5.56 Å². The van der Waals surface area contributed by atoms with Gasteiger partial charge in [-0.15, -0.1) is 10.2 Å². The number of rotatable bonds is 3. The molecule has 0 radical (unpaired) electrons. The first-order valence-electron chi connectivity index (χ1n) is 8.45. The third-order valence-corrected chi connectivity index (χ3v) is 4.92. The van der Waals surface area contributed by atoms with Gasteiger partial charge in [0.15, 0.2) is 29.4 Å². The standard InChI is InChI=1S/C19H14F4N4O2/c1-19(15(23)11-6-9(20)7-13(22)14(11)29-19)18-26-25-17(27(18)2)8-3-4-10(16(24)28)12(21)5-8/h3-7,15H,1-2H3,(H2,24,28). The Morgan fingerprint density at radius 2 is 1.90 bits per heavy atom. The Balaban J connectivity index is 1.77. The molecule has 1 aromatic heterocycles. The molecule has 6 nitrogen and oxygen atoms in total. The van der Waals surface area contributed by atoms with Gasteiger partial charge in [0, 0.05) is 24.2 Å². The zero-order valence-corrected chi connectivity index (χ0v) is 15.2. The summed E-state index contributed by atoms with van der Waals surface area (Å²) in [5.41, 5.74) is 2.99. The lowest BCUT2D eigenvalue weighted by molar-refractivity contribution is 0.0185. The van der Waals surface area contributed by atoms with Crippen molar-refractivity contribution in [2.45, 2.75) is 18.7 Å². The van der Waals surface area contributed by atoms with E-state index in [9.17, 15) is 18.0 Å².